The van der Waals surface area contributed by atoms with Gasteiger partial charge in [0.25, 0.3) is 0 Å². The predicted molar refractivity (Wildman–Crippen MR) is 110 cm³/mol. The van der Waals surface area contributed by atoms with Crippen LogP contribution in [0.4, 0.5) is 0 Å². The molecular formula is C23H23ClO3. The van der Waals surface area contributed by atoms with E-state index < -0.39 is 5.97 Å². The molecule has 4 heteroatoms. The second-order valence-electron chi connectivity index (χ2n) is 6.88. The summed E-state index contributed by atoms with van der Waals surface area (Å²) in [7, 11) is 0. The summed E-state index contributed by atoms with van der Waals surface area (Å²) in [4.78, 5) is 12.2. The lowest BCUT2D eigenvalue weighted by molar-refractivity contribution is -0.147. The number of fused-ring (bicyclic) bond motifs is 1. The van der Waals surface area contributed by atoms with Crippen molar-refractivity contribution in [1.82, 2.24) is 0 Å². The summed E-state index contributed by atoms with van der Waals surface area (Å²) in [6.45, 7) is 6.13. The van der Waals surface area contributed by atoms with Crippen molar-refractivity contribution in [3.63, 3.8) is 0 Å². The van der Waals surface area contributed by atoms with Crippen LogP contribution in [0.3, 0.4) is 0 Å². The van der Waals surface area contributed by atoms with Gasteiger partial charge in [-0.25, -0.2) is 4.79 Å². The second-order valence-corrected chi connectivity index (χ2v) is 7.29. The predicted octanol–water partition coefficient (Wildman–Crippen LogP) is 6.05. The summed E-state index contributed by atoms with van der Waals surface area (Å²) in [5.41, 5.74) is 2.87. The minimum absolute atomic E-state index is 0.133. The molecule has 3 aromatic rings. The molecule has 0 heterocycles. The molecule has 0 aliphatic heterocycles. The molecule has 0 amide bonds. The van der Waals surface area contributed by atoms with Crippen LogP contribution in [0.15, 0.2) is 54.6 Å². The Morgan fingerprint density at radius 2 is 1.81 bits per heavy atom. The topological polar surface area (TPSA) is 35.5 Å². The third-order valence-electron chi connectivity index (χ3n) is 4.53. The van der Waals surface area contributed by atoms with Crippen molar-refractivity contribution >= 4 is 28.3 Å². The van der Waals surface area contributed by atoms with E-state index in [1.165, 1.54) is 0 Å². The molecule has 3 rings (SSSR count). The number of esters is 1. The van der Waals surface area contributed by atoms with Crippen LogP contribution in [0.2, 0.25) is 5.02 Å². The molecule has 0 unspecified atom stereocenters. The molecule has 3 nitrogen and oxygen atoms in total. The van der Waals surface area contributed by atoms with Crippen LogP contribution >= 0.6 is 11.6 Å². The van der Waals surface area contributed by atoms with Crippen molar-refractivity contribution in [1.29, 1.82) is 0 Å². The van der Waals surface area contributed by atoms with Crippen molar-refractivity contribution < 1.29 is 14.3 Å². The summed E-state index contributed by atoms with van der Waals surface area (Å²) >= 11 is 6.21. The van der Waals surface area contributed by atoms with Crippen LogP contribution in [0.1, 0.15) is 36.5 Å². The molecule has 0 aliphatic rings. The van der Waals surface area contributed by atoms with Crippen LogP contribution in [0, 0.1) is 6.92 Å². The molecule has 0 saturated carbocycles. The van der Waals surface area contributed by atoms with Gasteiger partial charge in [0, 0.05) is 5.02 Å². The van der Waals surface area contributed by atoms with Crippen molar-refractivity contribution in [2.75, 3.05) is 6.61 Å². The molecule has 0 atom stereocenters. The summed E-state index contributed by atoms with van der Waals surface area (Å²) in [6.07, 6.45) is 0. The Morgan fingerprint density at radius 1 is 1.07 bits per heavy atom. The first kappa shape index (κ1) is 19.2. The standard InChI is InChI=1S/C23H23ClO3/c1-15(2)20-12-21(24)16(3)11-22(20)26-14-23(25)27-13-18-9-6-8-17-7-4-5-10-19(17)18/h4-12,15H,13-14H2,1-3H3. The SMILES string of the molecule is Cc1cc(OCC(=O)OCc2cccc3ccccc23)c(C(C)C)cc1Cl. The number of benzene rings is 3. The Labute approximate surface area is 164 Å². The average molecular weight is 383 g/mol. The Morgan fingerprint density at radius 3 is 2.59 bits per heavy atom. The van der Waals surface area contributed by atoms with Crippen molar-refractivity contribution in [3.8, 4) is 5.75 Å². The van der Waals surface area contributed by atoms with Crippen LogP contribution < -0.4 is 4.74 Å². The van der Waals surface area contributed by atoms with Gasteiger partial charge in [0.05, 0.1) is 0 Å². The Hall–Kier alpha value is -2.52. The maximum absolute atomic E-state index is 12.2. The molecule has 0 N–H and O–H groups in total. The number of halogens is 1. The molecule has 3 aromatic carbocycles. The lowest BCUT2D eigenvalue weighted by atomic mass is 10.0. The Bertz CT molecular complexity index is 958. The minimum Gasteiger partial charge on any atom is -0.482 e. The number of hydrogen-bond acceptors (Lipinski definition) is 3. The van der Waals surface area contributed by atoms with Gasteiger partial charge in [-0.3, -0.25) is 0 Å². The van der Waals surface area contributed by atoms with E-state index in [0.29, 0.717) is 10.8 Å². The van der Waals surface area contributed by atoms with Gasteiger partial charge in [-0.1, -0.05) is 67.9 Å². The summed E-state index contributed by atoms with van der Waals surface area (Å²) in [6, 6.07) is 17.8. The van der Waals surface area contributed by atoms with E-state index in [4.69, 9.17) is 21.1 Å². The lowest BCUT2D eigenvalue weighted by Crippen LogP contribution is -2.15. The van der Waals surface area contributed by atoms with Gasteiger partial charge in [-0.15, -0.1) is 0 Å². The zero-order valence-corrected chi connectivity index (χ0v) is 16.5. The molecule has 0 radical (unpaired) electrons. The smallest absolute Gasteiger partial charge is 0.344 e. The molecule has 0 aromatic heterocycles. The minimum atomic E-state index is -0.398. The zero-order chi connectivity index (χ0) is 19.4. The van der Waals surface area contributed by atoms with Crippen LogP contribution in [0.5, 0.6) is 5.75 Å². The highest BCUT2D eigenvalue weighted by atomic mass is 35.5. The summed E-state index contributed by atoms with van der Waals surface area (Å²) in [5.74, 6) is 0.518. The molecule has 0 saturated heterocycles. The summed E-state index contributed by atoms with van der Waals surface area (Å²) in [5, 5.41) is 2.91. The van der Waals surface area contributed by atoms with Crippen LogP contribution in [-0.2, 0) is 16.1 Å². The van der Waals surface area contributed by atoms with E-state index in [9.17, 15) is 4.79 Å². The molecule has 0 fully saturated rings. The number of ether oxygens (including phenoxy) is 2. The first-order chi connectivity index (χ1) is 13.0. The molecule has 140 valence electrons. The quantitative estimate of drug-likeness (QED) is 0.487. The van der Waals surface area contributed by atoms with Crippen LogP contribution in [-0.4, -0.2) is 12.6 Å². The molecule has 0 bridgehead atoms. The van der Waals surface area contributed by atoms with Gasteiger partial charge >= 0.3 is 5.97 Å². The Kier molecular flexibility index (Phi) is 6.02. The molecule has 27 heavy (non-hydrogen) atoms. The van der Waals surface area contributed by atoms with Gasteiger partial charge in [0.1, 0.15) is 12.4 Å². The van der Waals surface area contributed by atoms with Gasteiger partial charge in [0.15, 0.2) is 6.61 Å². The van der Waals surface area contributed by atoms with E-state index >= 15 is 0 Å². The lowest BCUT2D eigenvalue weighted by Gasteiger charge is -2.16. The molecule has 0 aliphatic carbocycles. The fraction of sp³-hybridized carbons (Fsp3) is 0.261. The van der Waals surface area contributed by atoms with Gasteiger partial charge in [0.2, 0.25) is 0 Å². The van der Waals surface area contributed by atoms with Crippen molar-refractivity contribution in [2.24, 2.45) is 0 Å². The van der Waals surface area contributed by atoms with Gasteiger partial charge in [-0.05, 0) is 52.4 Å². The fourth-order valence-corrected chi connectivity index (χ4v) is 3.17. The zero-order valence-electron chi connectivity index (χ0n) is 15.8. The molecular weight excluding hydrogens is 360 g/mol. The van der Waals surface area contributed by atoms with E-state index in [1.54, 1.807) is 0 Å². The number of hydrogen-bond donors (Lipinski definition) is 0. The monoisotopic (exact) mass is 382 g/mol. The Balaban J connectivity index is 1.64. The summed E-state index contributed by atoms with van der Waals surface area (Å²) < 4.78 is 11.2. The normalized spacial score (nSPS) is 11.0. The third-order valence-corrected chi connectivity index (χ3v) is 4.93. The maximum Gasteiger partial charge on any atom is 0.344 e. The molecule has 0 spiro atoms. The van der Waals surface area contributed by atoms with E-state index in [0.717, 1.165) is 27.5 Å². The highest BCUT2D eigenvalue weighted by Gasteiger charge is 2.13. The van der Waals surface area contributed by atoms with Crippen molar-refractivity contribution in [2.45, 2.75) is 33.3 Å². The first-order valence-electron chi connectivity index (χ1n) is 9.01. The van der Waals surface area contributed by atoms with Crippen molar-refractivity contribution in [3.05, 3.63) is 76.3 Å². The second kappa shape index (κ2) is 8.45. The van der Waals surface area contributed by atoms with Crippen LogP contribution in [0.25, 0.3) is 10.8 Å². The number of carbonyl (C=O) groups excluding carboxylic acids is 1. The van der Waals surface area contributed by atoms with Gasteiger partial charge in [-0.2, -0.15) is 0 Å². The van der Waals surface area contributed by atoms with E-state index in [2.05, 4.69) is 13.8 Å². The fourth-order valence-electron chi connectivity index (χ4n) is 3.00. The third kappa shape index (κ3) is 4.61. The largest absolute Gasteiger partial charge is 0.482 e. The van der Waals surface area contributed by atoms with E-state index in [1.807, 2.05) is 61.5 Å². The maximum atomic E-state index is 12.2. The number of aryl methyl sites for hydroxylation is 1. The average Bonchev–Trinajstić information content (AvgIpc) is 2.66. The number of carbonyl (C=O) groups is 1. The number of rotatable bonds is 6. The van der Waals surface area contributed by atoms with Gasteiger partial charge < -0.3 is 9.47 Å². The first-order valence-corrected chi connectivity index (χ1v) is 9.38. The van der Waals surface area contributed by atoms with E-state index in [-0.39, 0.29) is 19.1 Å². The highest BCUT2D eigenvalue weighted by Crippen LogP contribution is 2.32. The highest BCUT2D eigenvalue weighted by molar-refractivity contribution is 6.31.